The molecule has 5 heteroatoms. The molecule has 16 heavy (non-hydrogen) atoms. The molecule has 0 fully saturated rings. The van der Waals surface area contributed by atoms with E-state index in [4.69, 9.17) is 9.52 Å². The molecule has 0 saturated heterocycles. The predicted molar refractivity (Wildman–Crippen MR) is 60.9 cm³/mol. The number of aliphatic carboxylic acids is 1. The van der Waals surface area contributed by atoms with Crippen molar-refractivity contribution in [3.05, 3.63) is 33.5 Å². The van der Waals surface area contributed by atoms with Crippen molar-refractivity contribution in [2.24, 2.45) is 0 Å². The molecule has 0 aliphatic carbocycles. The number of aryl methyl sites for hydroxylation is 1. The lowest BCUT2D eigenvalue weighted by atomic mass is 10.1. The van der Waals surface area contributed by atoms with E-state index in [1.807, 2.05) is 18.2 Å². The quantitative estimate of drug-likeness (QED) is 0.887. The van der Waals surface area contributed by atoms with Crippen LogP contribution in [0.15, 0.2) is 27.4 Å². The summed E-state index contributed by atoms with van der Waals surface area (Å²) >= 11 is 1.07. The Morgan fingerprint density at radius 1 is 1.44 bits per heavy atom. The van der Waals surface area contributed by atoms with E-state index in [9.17, 15) is 9.59 Å². The van der Waals surface area contributed by atoms with Gasteiger partial charge in [-0.3, -0.25) is 4.79 Å². The molecule has 0 saturated carbocycles. The lowest BCUT2D eigenvalue weighted by Crippen LogP contribution is -1.96. The van der Waals surface area contributed by atoms with Gasteiger partial charge < -0.3 is 9.52 Å². The average Bonchev–Trinajstić information content (AvgIpc) is 2.58. The van der Waals surface area contributed by atoms with E-state index in [0.29, 0.717) is 18.4 Å². The normalized spacial score (nSPS) is 10.8. The van der Waals surface area contributed by atoms with Crippen LogP contribution >= 0.6 is 11.3 Å². The summed E-state index contributed by atoms with van der Waals surface area (Å²) in [6.07, 6.45) is 1.29. The first kappa shape index (κ1) is 10.9. The largest absolute Gasteiger partial charge is 0.481 e. The van der Waals surface area contributed by atoms with Gasteiger partial charge in [-0.25, -0.2) is 4.79 Å². The Balaban J connectivity index is 2.23. The van der Waals surface area contributed by atoms with Gasteiger partial charge in [0, 0.05) is 6.42 Å². The molecule has 1 N–H and O–H groups in total. The molecule has 0 unspecified atom stereocenters. The first-order chi connectivity index (χ1) is 7.66. The minimum atomic E-state index is -0.807. The summed E-state index contributed by atoms with van der Waals surface area (Å²) in [6, 6.07) is 5.54. The molecule has 0 radical (unpaired) electrons. The van der Waals surface area contributed by atoms with Crippen molar-refractivity contribution in [2.75, 3.05) is 0 Å². The van der Waals surface area contributed by atoms with E-state index in [2.05, 4.69) is 0 Å². The highest BCUT2D eigenvalue weighted by molar-refractivity contribution is 7.16. The minimum absolute atomic E-state index is 0.130. The topological polar surface area (TPSA) is 67.5 Å². The van der Waals surface area contributed by atoms with Crippen LogP contribution in [-0.4, -0.2) is 11.1 Å². The molecule has 2 rings (SSSR count). The second-order valence-electron chi connectivity index (χ2n) is 3.45. The van der Waals surface area contributed by atoms with Crippen molar-refractivity contribution in [3.63, 3.8) is 0 Å². The first-order valence-electron chi connectivity index (χ1n) is 4.90. The Hall–Kier alpha value is -1.62. The molecule has 0 spiro atoms. The van der Waals surface area contributed by atoms with Crippen LogP contribution in [0.4, 0.5) is 0 Å². The van der Waals surface area contributed by atoms with Crippen molar-refractivity contribution < 1.29 is 14.3 Å². The smallest absolute Gasteiger partial charge is 0.396 e. The Morgan fingerprint density at radius 3 is 3.00 bits per heavy atom. The summed E-state index contributed by atoms with van der Waals surface area (Å²) in [7, 11) is 0. The third kappa shape index (κ3) is 2.30. The number of hydrogen-bond donors (Lipinski definition) is 1. The highest BCUT2D eigenvalue weighted by Crippen LogP contribution is 2.22. The zero-order valence-electron chi connectivity index (χ0n) is 8.43. The molecular formula is C11H10O4S. The van der Waals surface area contributed by atoms with Crippen LogP contribution in [0, 0.1) is 0 Å². The Bertz CT molecular complexity index is 567. The first-order valence-corrected chi connectivity index (χ1v) is 5.72. The summed E-state index contributed by atoms with van der Waals surface area (Å²) in [5.74, 6) is -0.807. The number of carbonyl (C=O) groups is 1. The van der Waals surface area contributed by atoms with Crippen molar-refractivity contribution in [2.45, 2.75) is 19.3 Å². The van der Waals surface area contributed by atoms with Gasteiger partial charge in [0.2, 0.25) is 0 Å². The Kier molecular flexibility index (Phi) is 3.05. The SMILES string of the molecule is O=C(O)CCCc1cccc2sc(=O)oc12. The number of rotatable bonds is 4. The van der Waals surface area contributed by atoms with Crippen molar-refractivity contribution in [1.29, 1.82) is 0 Å². The maximum Gasteiger partial charge on any atom is 0.396 e. The minimum Gasteiger partial charge on any atom is -0.481 e. The Morgan fingerprint density at radius 2 is 2.25 bits per heavy atom. The van der Waals surface area contributed by atoms with E-state index in [0.717, 1.165) is 21.6 Å². The summed E-state index contributed by atoms with van der Waals surface area (Å²) in [6.45, 7) is 0. The zero-order chi connectivity index (χ0) is 11.5. The maximum absolute atomic E-state index is 11.1. The summed E-state index contributed by atoms with van der Waals surface area (Å²) < 4.78 is 5.89. The van der Waals surface area contributed by atoms with E-state index in [-0.39, 0.29) is 11.4 Å². The van der Waals surface area contributed by atoms with Gasteiger partial charge in [0.15, 0.2) is 5.58 Å². The van der Waals surface area contributed by atoms with Crippen molar-refractivity contribution in [1.82, 2.24) is 0 Å². The molecule has 1 heterocycles. The zero-order valence-corrected chi connectivity index (χ0v) is 9.25. The number of carboxylic acids is 1. The lowest BCUT2D eigenvalue weighted by Gasteiger charge is -1.99. The van der Waals surface area contributed by atoms with Crippen molar-refractivity contribution in [3.8, 4) is 0 Å². The maximum atomic E-state index is 11.1. The number of benzene rings is 1. The molecule has 0 amide bonds. The molecule has 1 aromatic heterocycles. The van der Waals surface area contributed by atoms with Crippen LogP contribution < -0.4 is 4.94 Å². The predicted octanol–water partition coefficient (Wildman–Crippen LogP) is 2.26. The summed E-state index contributed by atoms with van der Waals surface area (Å²) in [4.78, 5) is 21.1. The van der Waals surface area contributed by atoms with Gasteiger partial charge in [0.25, 0.3) is 0 Å². The number of hydrogen-bond acceptors (Lipinski definition) is 4. The standard InChI is InChI=1S/C11H10O4S/c12-9(13)6-2-4-7-3-1-5-8-10(7)15-11(14)16-8/h1,3,5H,2,4,6H2,(H,12,13). The molecule has 0 aliphatic rings. The monoisotopic (exact) mass is 238 g/mol. The molecule has 1 aromatic carbocycles. The number of para-hydroxylation sites is 1. The fourth-order valence-corrected chi connectivity index (χ4v) is 2.29. The second-order valence-corrected chi connectivity index (χ2v) is 4.42. The van der Waals surface area contributed by atoms with Gasteiger partial charge in [-0.1, -0.05) is 23.5 Å². The lowest BCUT2D eigenvalue weighted by molar-refractivity contribution is -0.137. The third-order valence-electron chi connectivity index (χ3n) is 2.28. The molecule has 0 bridgehead atoms. The summed E-state index contributed by atoms with van der Waals surface area (Å²) in [5.41, 5.74) is 1.50. The highest BCUT2D eigenvalue weighted by Gasteiger charge is 2.07. The number of carboxylic acid groups (broad SMARTS) is 1. The van der Waals surface area contributed by atoms with E-state index in [1.165, 1.54) is 0 Å². The fourth-order valence-electron chi connectivity index (χ4n) is 1.58. The van der Waals surface area contributed by atoms with Crippen LogP contribution in [0.3, 0.4) is 0 Å². The molecule has 84 valence electrons. The number of fused-ring (bicyclic) bond motifs is 1. The second kappa shape index (κ2) is 4.49. The van der Waals surface area contributed by atoms with Crippen LogP contribution in [0.5, 0.6) is 0 Å². The van der Waals surface area contributed by atoms with Gasteiger partial charge in [0.05, 0.1) is 4.70 Å². The van der Waals surface area contributed by atoms with Crippen molar-refractivity contribution >= 4 is 27.6 Å². The van der Waals surface area contributed by atoms with Gasteiger partial charge in [-0.05, 0) is 24.5 Å². The van der Waals surface area contributed by atoms with E-state index < -0.39 is 5.97 Å². The average molecular weight is 238 g/mol. The van der Waals surface area contributed by atoms with E-state index >= 15 is 0 Å². The van der Waals surface area contributed by atoms with Gasteiger partial charge in [-0.15, -0.1) is 0 Å². The molecule has 0 aliphatic heterocycles. The van der Waals surface area contributed by atoms with Gasteiger partial charge in [-0.2, -0.15) is 0 Å². The molecular weight excluding hydrogens is 228 g/mol. The Labute approximate surface area is 95.1 Å². The van der Waals surface area contributed by atoms with Crippen LogP contribution in [0.25, 0.3) is 10.3 Å². The molecule has 0 atom stereocenters. The van der Waals surface area contributed by atoms with Gasteiger partial charge >= 0.3 is 10.9 Å². The van der Waals surface area contributed by atoms with Crippen LogP contribution in [0.2, 0.25) is 0 Å². The fraction of sp³-hybridized carbons (Fsp3) is 0.273. The highest BCUT2D eigenvalue weighted by atomic mass is 32.1. The third-order valence-corrected chi connectivity index (χ3v) is 3.07. The molecule has 2 aromatic rings. The van der Waals surface area contributed by atoms with Crippen LogP contribution in [-0.2, 0) is 11.2 Å². The van der Waals surface area contributed by atoms with Gasteiger partial charge in [0.1, 0.15) is 0 Å². The van der Waals surface area contributed by atoms with Crippen LogP contribution in [0.1, 0.15) is 18.4 Å². The summed E-state index contributed by atoms with van der Waals surface area (Å²) in [5, 5.41) is 8.54. The van der Waals surface area contributed by atoms with E-state index in [1.54, 1.807) is 0 Å². The molecule has 4 nitrogen and oxygen atoms in total.